The molecule has 0 amide bonds. The fourth-order valence-corrected chi connectivity index (χ4v) is 10.9. The van der Waals surface area contributed by atoms with E-state index in [1.807, 2.05) is 13.8 Å². The van der Waals surface area contributed by atoms with Gasteiger partial charge in [-0.3, -0.25) is 0 Å². The average molecular weight is 637 g/mol. The normalized spacial score (nSPS) is 55.9. The van der Waals surface area contributed by atoms with Crippen molar-refractivity contribution in [1.82, 2.24) is 0 Å². The minimum Gasteiger partial charge on any atom is -0.346 e. The van der Waals surface area contributed by atoms with Gasteiger partial charge in [-0.25, -0.2) is 19.6 Å². The lowest BCUT2D eigenvalue weighted by Gasteiger charge is -2.60. The molecule has 2 spiro atoms. The Bertz CT molecular complexity index is 948. The van der Waals surface area contributed by atoms with E-state index < -0.39 is 22.8 Å². The molecule has 8 aliphatic heterocycles. The molecule has 10 aliphatic rings. The molecule has 0 aromatic carbocycles. The maximum atomic E-state index is 6.38. The highest BCUT2D eigenvalue weighted by atomic mass is 17.3. The van der Waals surface area contributed by atoms with Crippen LogP contribution in [0.5, 0.6) is 0 Å². The first-order chi connectivity index (χ1) is 21.4. The third-order valence-electron chi connectivity index (χ3n) is 13.4. The van der Waals surface area contributed by atoms with Crippen LogP contribution in [0.2, 0.25) is 0 Å². The molecule has 0 aromatic rings. The molecule has 8 nitrogen and oxygen atoms in total. The van der Waals surface area contributed by atoms with Gasteiger partial charge in [0.25, 0.3) is 0 Å². The van der Waals surface area contributed by atoms with Crippen molar-refractivity contribution < 1.29 is 38.5 Å². The number of hydrogen-bond acceptors (Lipinski definition) is 8. The monoisotopic (exact) mass is 636 g/mol. The highest BCUT2D eigenvalue weighted by molar-refractivity contribution is 5.11. The number of fused-ring (bicyclic) bond motifs is 4. The Morgan fingerprint density at radius 1 is 0.511 bits per heavy atom. The molecule has 8 heteroatoms. The molecule has 16 atom stereocenters. The number of hydrogen-bond donors (Lipinski definition) is 0. The van der Waals surface area contributed by atoms with Crippen LogP contribution >= 0.6 is 0 Å². The van der Waals surface area contributed by atoms with Crippen LogP contribution in [-0.4, -0.2) is 47.6 Å². The molecule has 2 aliphatic carbocycles. The SMILES string of the molecule is CCC.CCC1O[C@@H]2O[C@]3(C)CCC4[C@H](C)CC[C@@H]([C@H]1C)[C@]42OO3.CCC1O[C@@H]2O[C@]3(C)CCC4[C@H](C)CC[C@@H]([C@H]1C)[C@]42OO3. The molecular weight excluding hydrogens is 572 g/mol. The molecule has 10 rings (SSSR count). The molecular formula is C37H64O8. The van der Waals surface area contributed by atoms with Gasteiger partial charge in [0.05, 0.1) is 12.2 Å². The Hall–Kier alpha value is -0.320. The Kier molecular flexibility index (Phi) is 9.87. The van der Waals surface area contributed by atoms with Gasteiger partial charge in [-0.1, -0.05) is 61.8 Å². The van der Waals surface area contributed by atoms with E-state index in [2.05, 4.69) is 55.4 Å². The van der Waals surface area contributed by atoms with Gasteiger partial charge in [0.2, 0.25) is 11.6 Å². The summed E-state index contributed by atoms with van der Waals surface area (Å²) in [4.78, 5) is 23.8. The Balaban J connectivity index is 0.000000146. The van der Waals surface area contributed by atoms with Gasteiger partial charge in [0.1, 0.15) is 0 Å². The fourth-order valence-electron chi connectivity index (χ4n) is 10.9. The van der Waals surface area contributed by atoms with Crippen molar-refractivity contribution in [2.45, 2.75) is 187 Å². The van der Waals surface area contributed by atoms with Gasteiger partial charge in [-0.15, -0.1) is 0 Å². The summed E-state index contributed by atoms with van der Waals surface area (Å²) in [6, 6.07) is 0. The van der Waals surface area contributed by atoms with Crippen LogP contribution in [0.3, 0.4) is 0 Å². The summed E-state index contributed by atoms with van der Waals surface area (Å²) < 4.78 is 25.3. The van der Waals surface area contributed by atoms with E-state index in [1.54, 1.807) is 0 Å². The lowest BCUT2D eigenvalue weighted by Crippen LogP contribution is -2.70. The Labute approximate surface area is 273 Å². The summed E-state index contributed by atoms with van der Waals surface area (Å²) in [5.41, 5.74) is -0.780. The predicted octanol–water partition coefficient (Wildman–Crippen LogP) is 8.71. The zero-order valence-corrected chi connectivity index (χ0v) is 30.0. The van der Waals surface area contributed by atoms with Gasteiger partial charge in [-0.05, 0) is 101 Å². The van der Waals surface area contributed by atoms with Crippen molar-refractivity contribution in [1.29, 1.82) is 0 Å². The predicted molar refractivity (Wildman–Crippen MR) is 170 cm³/mol. The molecule has 0 aromatic heterocycles. The second-order valence-electron chi connectivity index (χ2n) is 16.4. The summed E-state index contributed by atoms with van der Waals surface area (Å²) in [5, 5.41) is 0. The van der Waals surface area contributed by atoms with Gasteiger partial charge < -0.3 is 18.9 Å². The van der Waals surface area contributed by atoms with Crippen molar-refractivity contribution in [2.75, 3.05) is 0 Å². The molecule has 45 heavy (non-hydrogen) atoms. The number of rotatable bonds is 2. The second-order valence-corrected chi connectivity index (χ2v) is 16.4. The Morgan fingerprint density at radius 2 is 0.889 bits per heavy atom. The first-order valence-corrected chi connectivity index (χ1v) is 18.8. The Morgan fingerprint density at radius 3 is 1.24 bits per heavy atom. The molecule has 0 radical (unpaired) electrons. The third-order valence-corrected chi connectivity index (χ3v) is 13.4. The zero-order valence-electron chi connectivity index (χ0n) is 30.0. The lowest BCUT2D eigenvalue weighted by molar-refractivity contribution is -0.571. The third kappa shape index (κ3) is 5.48. The van der Waals surface area contributed by atoms with Gasteiger partial charge in [0, 0.05) is 24.7 Å². The zero-order chi connectivity index (χ0) is 32.4. The van der Waals surface area contributed by atoms with E-state index in [0.717, 1.165) is 38.5 Å². The van der Waals surface area contributed by atoms with Crippen LogP contribution in [-0.2, 0) is 38.5 Å². The highest BCUT2D eigenvalue weighted by Crippen LogP contribution is 2.62. The second kappa shape index (κ2) is 12.9. The van der Waals surface area contributed by atoms with E-state index in [9.17, 15) is 0 Å². The molecule has 2 saturated carbocycles. The van der Waals surface area contributed by atoms with Crippen LogP contribution < -0.4 is 0 Å². The maximum Gasteiger partial charge on any atom is 0.201 e. The van der Waals surface area contributed by atoms with Gasteiger partial charge in [0.15, 0.2) is 23.8 Å². The smallest absolute Gasteiger partial charge is 0.201 e. The van der Waals surface area contributed by atoms with Crippen LogP contribution in [0.1, 0.15) is 140 Å². The van der Waals surface area contributed by atoms with Crippen LogP contribution in [0.25, 0.3) is 0 Å². The topological polar surface area (TPSA) is 73.8 Å². The van der Waals surface area contributed by atoms with E-state index >= 15 is 0 Å². The fraction of sp³-hybridized carbons (Fsp3) is 1.00. The molecule has 8 saturated heterocycles. The first kappa shape index (κ1) is 34.5. The molecule has 8 heterocycles. The lowest BCUT2D eigenvalue weighted by atomic mass is 9.57. The minimum absolute atomic E-state index is 0.266. The van der Waals surface area contributed by atoms with E-state index in [0.29, 0.717) is 47.3 Å². The molecule has 0 N–H and O–H groups in total. The molecule has 4 unspecified atom stereocenters. The van der Waals surface area contributed by atoms with Crippen LogP contribution in [0.15, 0.2) is 0 Å². The standard InChI is InChI=1S/2C17H28O4.C3H8/c2*1-5-14-11(3)13-7-6-10(2)12-8-9-16(4)19-15(18-14)17(12,13)21-20-16;1-3-2/h2*10-15H,5-9H2,1-4H3;3H2,1-2H3/t2*10-,11-,12?,13+,14?,15-,16+,17-;/m11./s1. The summed E-state index contributed by atoms with van der Waals surface area (Å²) in [6.45, 7) is 22.0. The van der Waals surface area contributed by atoms with E-state index in [-0.39, 0.29) is 24.8 Å². The van der Waals surface area contributed by atoms with Crippen molar-refractivity contribution in [2.24, 2.45) is 47.3 Å². The van der Waals surface area contributed by atoms with E-state index in [1.165, 1.54) is 32.1 Å². The molecule has 4 bridgehead atoms. The van der Waals surface area contributed by atoms with Crippen molar-refractivity contribution in [3.8, 4) is 0 Å². The first-order valence-electron chi connectivity index (χ1n) is 18.8. The molecule has 10 fully saturated rings. The molecule has 260 valence electrons. The van der Waals surface area contributed by atoms with Crippen molar-refractivity contribution >= 4 is 0 Å². The van der Waals surface area contributed by atoms with Gasteiger partial charge in [-0.2, -0.15) is 0 Å². The summed E-state index contributed by atoms with van der Waals surface area (Å²) in [7, 11) is 0. The minimum atomic E-state index is -0.642. The largest absolute Gasteiger partial charge is 0.346 e. The van der Waals surface area contributed by atoms with Crippen molar-refractivity contribution in [3.63, 3.8) is 0 Å². The summed E-state index contributed by atoms with van der Waals surface area (Å²) in [5.74, 6) is 2.90. The van der Waals surface area contributed by atoms with Crippen LogP contribution in [0.4, 0.5) is 0 Å². The van der Waals surface area contributed by atoms with E-state index in [4.69, 9.17) is 38.5 Å². The van der Waals surface area contributed by atoms with Gasteiger partial charge >= 0.3 is 0 Å². The average Bonchev–Trinajstić information content (AvgIpc) is 3.39. The number of ether oxygens (including phenoxy) is 4. The highest BCUT2D eigenvalue weighted by Gasteiger charge is 2.70. The summed E-state index contributed by atoms with van der Waals surface area (Å²) in [6.07, 6.45) is 12.3. The summed E-state index contributed by atoms with van der Waals surface area (Å²) >= 11 is 0. The quantitative estimate of drug-likeness (QED) is 0.279. The maximum absolute atomic E-state index is 6.38. The van der Waals surface area contributed by atoms with Crippen molar-refractivity contribution in [3.05, 3.63) is 0 Å². The van der Waals surface area contributed by atoms with Crippen LogP contribution in [0, 0.1) is 47.3 Å².